The minimum absolute atomic E-state index is 0.0328. The fourth-order valence-corrected chi connectivity index (χ4v) is 3.49. The van der Waals surface area contributed by atoms with Gasteiger partial charge in [0.1, 0.15) is 6.04 Å². The smallest absolute Gasteiger partial charge is 0.251 e. The van der Waals surface area contributed by atoms with Crippen molar-refractivity contribution < 1.29 is 14.4 Å². The Hall–Kier alpha value is -3.15. The van der Waals surface area contributed by atoms with Gasteiger partial charge in [-0.25, -0.2) is 0 Å². The summed E-state index contributed by atoms with van der Waals surface area (Å²) in [5.74, 6) is -0.371. The molecule has 0 aliphatic carbocycles. The van der Waals surface area contributed by atoms with Gasteiger partial charge in [-0.1, -0.05) is 30.3 Å². The van der Waals surface area contributed by atoms with Crippen molar-refractivity contribution in [2.45, 2.75) is 45.2 Å². The van der Waals surface area contributed by atoms with Crippen molar-refractivity contribution >= 4 is 23.4 Å². The number of likely N-dealkylation sites (tertiary alicyclic amines) is 1. The number of hydrogen-bond acceptors (Lipinski definition) is 3. The molecule has 1 aliphatic heterocycles. The number of nitrogens with zero attached hydrogens (tertiary/aromatic N) is 1. The van der Waals surface area contributed by atoms with Gasteiger partial charge in [-0.15, -0.1) is 0 Å². The van der Waals surface area contributed by atoms with Gasteiger partial charge in [0.2, 0.25) is 11.8 Å². The largest absolute Gasteiger partial charge is 0.350 e. The Morgan fingerprint density at radius 2 is 1.72 bits per heavy atom. The van der Waals surface area contributed by atoms with Gasteiger partial charge in [-0.05, 0) is 56.5 Å². The number of benzene rings is 2. The summed E-state index contributed by atoms with van der Waals surface area (Å²) < 4.78 is 0. The molecule has 2 aromatic rings. The molecule has 1 aliphatic rings. The minimum Gasteiger partial charge on any atom is -0.350 e. The first-order valence-electron chi connectivity index (χ1n) is 9.99. The van der Waals surface area contributed by atoms with Crippen molar-refractivity contribution in [2.75, 3.05) is 11.9 Å². The van der Waals surface area contributed by atoms with Gasteiger partial charge < -0.3 is 15.5 Å². The Morgan fingerprint density at radius 3 is 2.38 bits per heavy atom. The second-order valence-corrected chi connectivity index (χ2v) is 7.60. The molecule has 6 heteroatoms. The predicted molar refractivity (Wildman–Crippen MR) is 113 cm³/mol. The summed E-state index contributed by atoms with van der Waals surface area (Å²) in [5.41, 5.74) is 2.09. The van der Waals surface area contributed by atoms with E-state index in [0.717, 1.165) is 12.0 Å². The van der Waals surface area contributed by atoms with Crippen LogP contribution in [0.2, 0.25) is 0 Å². The normalized spacial score (nSPS) is 16.0. The summed E-state index contributed by atoms with van der Waals surface area (Å²) in [6.07, 6.45) is 1.76. The zero-order chi connectivity index (χ0) is 20.8. The molecule has 1 heterocycles. The monoisotopic (exact) mass is 393 g/mol. The van der Waals surface area contributed by atoms with E-state index in [0.29, 0.717) is 30.6 Å². The average molecular weight is 393 g/mol. The van der Waals surface area contributed by atoms with Crippen LogP contribution in [0.4, 0.5) is 5.69 Å². The van der Waals surface area contributed by atoms with E-state index in [9.17, 15) is 14.4 Å². The fourth-order valence-electron chi connectivity index (χ4n) is 3.49. The van der Waals surface area contributed by atoms with Crippen LogP contribution >= 0.6 is 0 Å². The first-order chi connectivity index (χ1) is 13.9. The lowest BCUT2D eigenvalue weighted by Crippen LogP contribution is -2.43. The Balaban J connectivity index is 1.60. The predicted octanol–water partition coefficient (Wildman–Crippen LogP) is 3.00. The van der Waals surface area contributed by atoms with Gasteiger partial charge in [-0.2, -0.15) is 0 Å². The van der Waals surface area contributed by atoms with Gasteiger partial charge in [0.25, 0.3) is 5.91 Å². The first-order valence-corrected chi connectivity index (χ1v) is 9.99. The van der Waals surface area contributed by atoms with Crippen LogP contribution in [0.5, 0.6) is 0 Å². The van der Waals surface area contributed by atoms with Gasteiger partial charge in [0, 0.05) is 23.8 Å². The van der Waals surface area contributed by atoms with Crippen molar-refractivity contribution in [1.29, 1.82) is 0 Å². The van der Waals surface area contributed by atoms with Crippen molar-refractivity contribution in [2.24, 2.45) is 0 Å². The van der Waals surface area contributed by atoms with Crippen LogP contribution in [0, 0.1) is 0 Å². The summed E-state index contributed by atoms with van der Waals surface area (Å²) in [6.45, 7) is 4.40. The molecular formula is C23H27N3O3. The molecule has 1 atom stereocenters. The van der Waals surface area contributed by atoms with Crippen LogP contribution < -0.4 is 10.6 Å². The molecule has 2 N–H and O–H groups in total. The third-order valence-corrected chi connectivity index (χ3v) is 4.91. The van der Waals surface area contributed by atoms with E-state index < -0.39 is 6.04 Å². The third kappa shape index (κ3) is 5.44. The van der Waals surface area contributed by atoms with E-state index >= 15 is 0 Å². The lowest BCUT2D eigenvalue weighted by Gasteiger charge is -2.24. The minimum atomic E-state index is -0.463. The van der Waals surface area contributed by atoms with Gasteiger partial charge >= 0.3 is 0 Å². The molecule has 152 valence electrons. The molecule has 1 saturated heterocycles. The Bertz CT molecular complexity index is 863. The molecule has 0 saturated carbocycles. The number of amides is 3. The molecule has 0 radical (unpaired) electrons. The van der Waals surface area contributed by atoms with Crippen LogP contribution in [0.1, 0.15) is 42.6 Å². The molecule has 6 nitrogen and oxygen atoms in total. The molecule has 0 bridgehead atoms. The van der Waals surface area contributed by atoms with Crippen molar-refractivity contribution in [3.05, 3.63) is 65.7 Å². The lowest BCUT2D eigenvalue weighted by atomic mass is 10.1. The summed E-state index contributed by atoms with van der Waals surface area (Å²) in [5, 5.41) is 5.71. The molecule has 0 spiro atoms. The SMILES string of the molecule is CC(C)NC(=O)c1ccc(NC(=O)C2CCCN2C(=O)Cc2ccccc2)cc1. The van der Waals surface area contributed by atoms with Crippen molar-refractivity contribution in [3.63, 3.8) is 0 Å². The van der Waals surface area contributed by atoms with Crippen LogP contribution in [-0.2, 0) is 16.0 Å². The van der Waals surface area contributed by atoms with E-state index in [1.165, 1.54) is 0 Å². The van der Waals surface area contributed by atoms with Crippen LogP contribution in [-0.4, -0.2) is 41.2 Å². The van der Waals surface area contributed by atoms with E-state index in [-0.39, 0.29) is 23.8 Å². The number of rotatable bonds is 6. The molecule has 29 heavy (non-hydrogen) atoms. The fraction of sp³-hybridized carbons (Fsp3) is 0.348. The lowest BCUT2D eigenvalue weighted by molar-refractivity contribution is -0.136. The summed E-state index contributed by atoms with van der Waals surface area (Å²) in [6, 6.07) is 15.9. The van der Waals surface area contributed by atoms with Gasteiger partial charge in [0.15, 0.2) is 0 Å². The topological polar surface area (TPSA) is 78.5 Å². The number of hydrogen-bond donors (Lipinski definition) is 2. The molecule has 1 unspecified atom stereocenters. The third-order valence-electron chi connectivity index (χ3n) is 4.91. The molecular weight excluding hydrogens is 366 g/mol. The number of carbonyl (C=O) groups is 3. The van der Waals surface area contributed by atoms with Crippen molar-refractivity contribution in [1.82, 2.24) is 10.2 Å². The van der Waals surface area contributed by atoms with E-state index in [2.05, 4.69) is 10.6 Å². The zero-order valence-corrected chi connectivity index (χ0v) is 16.9. The Morgan fingerprint density at radius 1 is 1.03 bits per heavy atom. The Kier molecular flexibility index (Phi) is 6.65. The molecule has 1 fully saturated rings. The second kappa shape index (κ2) is 9.37. The average Bonchev–Trinajstić information content (AvgIpc) is 3.19. The highest BCUT2D eigenvalue weighted by molar-refractivity contribution is 5.99. The molecule has 2 aromatic carbocycles. The maximum atomic E-state index is 12.8. The number of nitrogens with one attached hydrogen (secondary N) is 2. The van der Waals surface area contributed by atoms with E-state index in [1.807, 2.05) is 44.2 Å². The highest BCUT2D eigenvalue weighted by Gasteiger charge is 2.33. The molecule has 3 amide bonds. The van der Waals surface area contributed by atoms with Crippen molar-refractivity contribution in [3.8, 4) is 0 Å². The maximum absolute atomic E-state index is 12.8. The standard InChI is InChI=1S/C23H27N3O3/c1-16(2)24-22(28)18-10-12-19(13-11-18)25-23(29)20-9-6-14-26(20)21(27)15-17-7-4-3-5-8-17/h3-5,7-8,10-13,16,20H,6,9,14-15H2,1-2H3,(H,24,28)(H,25,29). The second-order valence-electron chi connectivity index (χ2n) is 7.60. The van der Waals surface area contributed by atoms with Crippen LogP contribution in [0.25, 0.3) is 0 Å². The van der Waals surface area contributed by atoms with Gasteiger partial charge in [-0.3, -0.25) is 14.4 Å². The van der Waals surface area contributed by atoms with Crippen LogP contribution in [0.15, 0.2) is 54.6 Å². The molecule has 3 rings (SSSR count). The summed E-state index contributed by atoms with van der Waals surface area (Å²) in [4.78, 5) is 39.1. The quantitative estimate of drug-likeness (QED) is 0.792. The maximum Gasteiger partial charge on any atom is 0.251 e. The first kappa shape index (κ1) is 20.6. The summed E-state index contributed by atoms with van der Waals surface area (Å²) in [7, 11) is 0. The number of anilines is 1. The molecule has 0 aromatic heterocycles. The zero-order valence-electron chi connectivity index (χ0n) is 16.9. The van der Waals surface area contributed by atoms with Crippen LogP contribution in [0.3, 0.4) is 0 Å². The van der Waals surface area contributed by atoms with E-state index in [4.69, 9.17) is 0 Å². The highest BCUT2D eigenvalue weighted by atomic mass is 16.2. The van der Waals surface area contributed by atoms with E-state index in [1.54, 1.807) is 29.2 Å². The number of carbonyl (C=O) groups excluding carboxylic acids is 3. The van der Waals surface area contributed by atoms with Gasteiger partial charge in [0.05, 0.1) is 6.42 Å². The Labute approximate surface area is 171 Å². The summed E-state index contributed by atoms with van der Waals surface area (Å²) >= 11 is 0. The highest BCUT2D eigenvalue weighted by Crippen LogP contribution is 2.21.